The van der Waals surface area contributed by atoms with Crippen LogP contribution in [-0.2, 0) is 0 Å². The van der Waals surface area contributed by atoms with Crippen LogP contribution in [0.15, 0.2) is 67.0 Å². The molecule has 0 aliphatic rings. The maximum atomic E-state index is 11.8. The number of benzene rings is 2. The molecule has 0 saturated heterocycles. The van der Waals surface area contributed by atoms with E-state index in [0.29, 0.717) is 27.6 Å². The number of rotatable bonds is 3. The van der Waals surface area contributed by atoms with Crippen molar-refractivity contribution in [2.45, 2.75) is 0 Å². The van der Waals surface area contributed by atoms with Gasteiger partial charge in [-0.25, -0.2) is 15.0 Å². The highest BCUT2D eigenvalue weighted by molar-refractivity contribution is 6.29. The van der Waals surface area contributed by atoms with Gasteiger partial charge in [-0.05, 0) is 42.5 Å². The summed E-state index contributed by atoms with van der Waals surface area (Å²) in [5.41, 5.74) is 4.11. The van der Waals surface area contributed by atoms with Gasteiger partial charge < -0.3 is 10.6 Å². The Morgan fingerprint density at radius 1 is 1.00 bits per heavy atom. The third kappa shape index (κ3) is 4.22. The molecule has 2 aromatic carbocycles. The lowest BCUT2D eigenvalue weighted by Crippen LogP contribution is -2.17. The number of nitrogens with zero attached hydrogens (tertiary/aromatic N) is 3. The molecule has 1 amide bonds. The monoisotopic (exact) mass is 413 g/mol. The zero-order chi connectivity index (χ0) is 20.9. The fraction of sp³-hybridized carbons (Fsp3) is 0.0435. The lowest BCUT2D eigenvalue weighted by Gasteiger charge is -2.09. The van der Waals surface area contributed by atoms with Crippen LogP contribution in [0.25, 0.3) is 11.0 Å². The van der Waals surface area contributed by atoms with E-state index in [-0.39, 0.29) is 5.91 Å². The van der Waals surface area contributed by atoms with Crippen LogP contribution in [0.5, 0.6) is 0 Å². The number of halogens is 1. The minimum atomic E-state index is -0.150. The second kappa shape index (κ2) is 8.60. The first-order chi connectivity index (χ1) is 14.6. The average Bonchev–Trinajstić information content (AvgIpc) is 2.78. The molecule has 0 spiro atoms. The van der Waals surface area contributed by atoms with E-state index in [0.717, 1.165) is 16.8 Å². The van der Waals surface area contributed by atoms with Gasteiger partial charge >= 0.3 is 0 Å². The van der Waals surface area contributed by atoms with E-state index in [1.807, 2.05) is 30.3 Å². The van der Waals surface area contributed by atoms with Crippen molar-refractivity contribution < 1.29 is 4.79 Å². The van der Waals surface area contributed by atoms with Gasteiger partial charge in [-0.15, -0.1) is 0 Å². The highest BCUT2D eigenvalue weighted by atomic mass is 35.5. The summed E-state index contributed by atoms with van der Waals surface area (Å²) in [6.07, 6.45) is 1.47. The van der Waals surface area contributed by atoms with E-state index >= 15 is 0 Å². The molecule has 146 valence electrons. The summed E-state index contributed by atoms with van der Waals surface area (Å²) in [5, 5.41) is 6.26. The number of carbonyl (C=O) groups is 1. The molecule has 0 atom stereocenters. The van der Waals surface area contributed by atoms with Crippen LogP contribution in [-0.4, -0.2) is 27.9 Å². The van der Waals surface area contributed by atoms with Gasteiger partial charge in [-0.1, -0.05) is 41.6 Å². The summed E-state index contributed by atoms with van der Waals surface area (Å²) in [5.74, 6) is 6.66. The standard InChI is InChI=1S/C23H16ClN5O/c1-25-23(30)17-7-4-5-15(13-17)9-10-16-6-2-3-8-18(16)28-22-21-19(26-14-27-22)11-12-20(24)29-21/h2-8,11-14H,1H3,(H,25,30)(H,26,27,28). The van der Waals surface area contributed by atoms with Crippen molar-refractivity contribution in [3.05, 3.63) is 88.8 Å². The highest BCUT2D eigenvalue weighted by Gasteiger charge is 2.08. The van der Waals surface area contributed by atoms with Gasteiger partial charge in [0.1, 0.15) is 17.0 Å². The molecule has 30 heavy (non-hydrogen) atoms. The van der Waals surface area contributed by atoms with Crippen molar-refractivity contribution >= 4 is 40.0 Å². The average molecular weight is 414 g/mol. The molecule has 4 rings (SSSR count). The molecule has 2 N–H and O–H groups in total. The summed E-state index contributed by atoms with van der Waals surface area (Å²) in [6, 6.07) is 18.3. The molecule has 4 aromatic rings. The number of fused-ring (bicyclic) bond motifs is 1. The van der Waals surface area contributed by atoms with Crippen molar-refractivity contribution in [2.24, 2.45) is 0 Å². The van der Waals surface area contributed by atoms with Gasteiger partial charge in [-0.3, -0.25) is 4.79 Å². The van der Waals surface area contributed by atoms with E-state index in [2.05, 4.69) is 37.4 Å². The first-order valence-electron chi connectivity index (χ1n) is 9.11. The molecule has 0 bridgehead atoms. The Morgan fingerprint density at radius 3 is 2.73 bits per heavy atom. The summed E-state index contributed by atoms with van der Waals surface area (Å²) < 4.78 is 0. The fourth-order valence-electron chi connectivity index (χ4n) is 2.86. The van der Waals surface area contributed by atoms with Crippen LogP contribution in [0.2, 0.25) is 5.15 Å². The predicted octanol–water partition coefficient (Wildman–Crippen LogP) is 4.18. The first kappa shape index (κ1) is 19.4. The van der Waals surface area contributed by atoms with Crippen LogP contribution in [0.1, 0.15) is 21.5 Å². The Bertz CT molecular complexity index is 1310. The van der Waals surface area contributed by atoms with Gasteiger partial charge in [0, 0.05) is 23.7 Å². The van der Waals surface area contributed by atoms with E-state index in [9.17, 15) is 4.79 Å². The van der Waals surface area contributed by atoms with E-state index in [1.54, 1.807) is 37.4 Å². The number of carbonyl (C=O) groups excluding carboxylic acids is 1. The third-order valence-corrected chi connectivity index (χ3v) is 4.53. The Morgan fingerprint density at radius 2 is 1.87 bits per heavy atom. The molecule has 0 aliphatic heterocycles. The molecular formula is C23H16ClN5O. The minimum absolute atomic E-state index is 0.150. The van der Waals surface area contributed by atoms with Crippen LogP contribution in [0.3, 0.4) is 0 Å². The number of anilines is 2. The van der Waals surface area contributed by atoms with Gasteiger partial charge in [-0.2, -0.15) is 0 Å². The van der Waals surface area contributed by atoms with Crippen LogP contribution < -0.4 is 10.6 Å². The summed E-state index contributed by atoms with van der Waals surface area (Å²) >= 11 is 6.04. The molecule has 0 saturated carbocycles. The highest BCUT2D eigenvalue weighted by Crippen LogP contribution is 2.24. The summed E-state index contributed by atoms with van der Waals surface area (Å²) in [6.45, 7) is 0. The second-order valence-electron chi connectivity index (χ2n) is 6.30. The molecule has 0 aliphatic carbocycles. The SMILES string of the molecule is CNC(=O)c1cccc(C#Cc2ccccc2Nc2ncnc3ccc(Cl)nc23)c1. The zero-order valence-corrected chi connectivity index (χ0v) is 16.7. The van der Waals surface area contributed by atoms with E-state index in [1.165, 1.54) is 6.33 Å². The van der Waals surface area contributed by atoms with Gasteiger partial charge in [0.15, 0.2) is 5.82 Å². The number of hydrogen-bond acceptors (Lipinski definition) is 5. The van der Waals surface area contributed by atoms with Crippen LogP contribution >= 0.6 is 11.6 Å². The molecule has 2 aromatic heterocycles. The van der Waals surface area contributed by atoms with Gasteiger partial charge in [0.05, 0.1) is 11.2 Å². The molecule has 2 heterocycles. The molecule has 0 radical (unpaired) electrons. The number of amides is 1. The third-order valence-electron chi connectivity index (χ3n) is 4.32. The van der Waals surface area contributed by atoms with Crippen LogP contribution in [0.4, 0.5) is 11.5 Å². The largest absolute Gasteiger partial charge is 0.355 e. The molecule has 0 unspecified atom stereocenters. The number of para-hydroxylation sites is 1. The fourth-order valence-corrected chi connectivity index (χ4v) is 3.01. The lowest BCUT2D eigenvalue weighted by atomic mass is 10.1. The maximum absolute atomic E-state index is 11.8. The van der Waals surface area contributed by atoms with Crippen molar-refractivity contribution in [2.75, 3.05) is 12.4 Å². The summed E-state index contributed by atoms with van der Waals surface area (Å²) in [4.78, 5) is 24.7. The van der Waals surface area contributed by atoms with Gasteiger partial charge in [0.2, 0.25) is 0 Å². The van der Waals surface area contributed by atoms with Crippen molar-refractivity contribution in [3.8, 4) is 11.8 Å². The van der Waals surface area contributed by atoms with E-state index in [4.69, 9.17) is 11.6 Å². The molecule has 6 nitrogen and oxygen atoms in total. The number of pyridine rings is 1. The van der Waals surface area contributed by atoms with Gasteiger partial charge in [0.25, 0.3) is 5.91 Å². The number of hydrogen-bond donors (Lipinski definition) is 2. The smallest absolute Gasteiger partial charge is 0.251 e. The van der Waals surface area contributed by atoms with Crippen molar-refractivity contribution in [3.63, 3.8) is 0 Å². The zero-order valence-electron chi connectivity index (χ0n) is 16.0. The summed E-state index contributed by atoms with van der Waals surface area (Å²) in [7, 11) is 1.60. The quantitative estimate of drug-likeness (QED) is 0.389. The Kier molecular flexibility index (Phi) is 5.55. The maximum Gasteiger partial charge on any atom is 0.251 e. The second-order valence-corrected chi connectivity index (χ2v) is 6.69. The van der Waals surface area contributed by atoms with Crippen LogP contribution in [0, 0.1) is 11.8 Å². The van der Waals surface area contributed by atoms with Crippen molar-refractivity contribution in [1.82, 2.24) is 20.3 Å². The Balaban J connectivity index is 1.68. The number of nitrogens with one attached hydrogen (secondary N) is 2. The normalized spacial score (nSPS) is 10.2. The van der Waals surface area contributed by atoms with E-state index < -0.39 is 0 Å². The minimum Gasteiger partial charge on any atom is -0.355 e. The Labute approximate surface area is 178 Å². The molecule has 7 heteroatoms. The predicted molar refractivity (Wildman–Crippen MR) is 118 cm³/mol. The number of aromatic nitrogens is 3. The lowest BCUT2D eigenvalue weighted by molar-refractivity contribution is 0.0963. The topological polar surface area (TPSA) is 79.8 Å². The molecule has 0 fully saturated rings. The molecular weight excluding hydrogens is 398 g/mol. The Hall–Kier alpha value is -3.95. The van der Waals surface area contributed by atoms with Crippen molar-refractivity contribution in [1.29, 1.82) is 0 Å². The first-order valence-corrected chi connectivity index (χ1v) is 9.49.